The SMILES string of the molecule is CNS(=O)(=O)c1ccc(O)cc1-c1ccc(N(C)C)nc1. The third kappa shape index (κ3) is 3.14. The van der Waals surface area contributed by atoms with Crippen molar-refractivity contribution in [1.29, 1.82) is 0 Å². The summed E-state index contributed by atoms with van der Waals surface area (Å²) in [6, 6.07) is 7.68. The summed E-state index contributed by atoms with van der Waals surface area (Å²) in [4.78, 5) is 6.21. The predicted molar refractivity (Wildman–Crippen MR) is 81.9 cm³/mol. The minimum absolute atomic E-state index is 0.00302. The molecule has 7 heteroatoms. The zero-order valence-electron chi connectivity index (χ0n) is 12.0. The largest absolute Gasteiger partial charge is 0.508 e. The van der Waals surface area contributed by atoms with Gasteiger partial charge in [-0.05, 0) is 37.4 Å². The number of benzene rings is 1. The van der Waals surface area contributed by atoms with E-state index in [1.165, 1.54) is 25.2 Å². The summed E-state index contributed by atoms with van der Waals surface area (Å²) in [6.07, 6.45) is 1.58. The highest BCUT2D eigenvalue weighted by Crippen LogP contribution is 2.30. The van der Waals surface area contributed by atoms with E-state index in [1.54, 1.807) is 18.3 Å². The average Bonchev–Trinajstić information content (AvgIpc) is 2.47. The molecule has 0 atom stereocenters. The molecule has 0 amide bonds. The van der Waals surface area contributed by atoms with E-state index < -0.39 is 10.0 Å². The van der Waals surface area contributed by atoms with Gasteiger partial charge >= 0.3 is 0 Å². The Morgan fingerprint density at radius 1 is 1.19 bits per heavy atom. The van der Waals surface area contributed by atoms with E-state index in [-0.39, 0.29) is 10.6 Å². The van der Waals surface area contributed by atoms with Gasteiger partial charge in [-0.25, -0.2) is 18.1 Å². The van der Waals surface area contributed by atoms with Gasteiger partial charge in [0, 0.05) is 31.4 Å². The van der Waals surface area contributed by atoms with Gasteiger partial charge in [-0.2, -0.15) is 0 Å². The van der Waals surface area contributed by atoms with Gasteiger partial charge in [0.1, 0.15) is 11.6 Å². The van der Waals surface area contributed by atoms with E-state index in [0.29, 0.717) is 11.1 Å². The fraction of sp³-hybridized carbons (Fsp3) is 0.214. The topological polar surface area (TPSA) is 82.5 Å². The zero-order chi connectivity index (χ0) is 15.6. The Hall–Kier alpha value is -2.12. The molecular weight excluding hydrogens is 290 g/mol. The molecule has 0 bridgehead atoms. The Bertz CT molecular complexity index is 741. The molecule has 1 aromatic heterocycles. The second kappa shape index (κ2) is 5.71. The number of sulfonamides is 1. The third-order valence-electron chi connectivity index (χ3n) is 3.04. The quantitative estimate of drug-likeness (QED) is 0.893. The molecule has 0 saturated carbocycles. The van der Waals surface area contributed by atoms with E-state index in [1.807, 2.05) is 19.0 Å². The molecule has 21 heavy (non-hydrogen) atoms. The first-order valence-corrected chi connectivity index (χ1v) is 7.74. The van der Waals surface area contributed by atoms with Crippen LogP contribution in [0.2, 0.25) is 0 Å². The van der Waals surface area contributed by atoms with Crippen LogP contribution in [-0.2, 0) is 10.0 Å². The molecule has 2 rings (SSSR count). The number of rotatable bonds is 4. The van der Waals surface area contributed by atoms with E-state index in [2.05, 4.69) is 9.71 Å². The molecule has 2 aromatic rings. The van der Waals surface area contributed by atoms with Gasteiger partial charge < -0.3 is 10.0 Å². The van der Waals surface area contributed by atoms with Gasteiger partial charge in [0.15, 0.2) is 0 Å². The molecule has 0 spiro atoms. The van der Waals surface area contributed by atoms with Crippen LogP contribution in [0.4, 0.5) is 5.82 Å². The van der Waals surface area contributed by atoms with Crippen molar-refractivity contribution in [3.05, 3.63) is 36.5 Å². The lowest BCUT2D eigenvalue weighted by molar-refractivity contribution is 0.475. The van der Waals surface area contributed by atoms with E-state index in [9.17, 15) is 13.5 Å². The Balaban J connectivity index is 2.60. The Kier molecular flexibility index (Phi) is 4.15. The summed E-state index contributed by atoms with van der Waals surface area (Å²) in [5.74, 6) is 0.758. The first kappa shape index (κ1) is 15.3. The fourth-order valence-corrected chi connectivity index (χ4v) is 2.83. The van der Waals surface area contributed by atoms with Crippen LogP contribution >= 0.6 is 0 Å². The number of nitrogens with zero attached hydrogens (tertiary/aromatic N) is 2. The van der Waals surface area contributed by atoms with Crippen LogP contribution in [0.3, 0.4) is 0 Å². The standard InChI is InChI=1S/C14H17N3O3S/c1-15-21(19,20)13-6-5-11(18)8-12(13)10-4-7-14(16-9-10)17(2)3/h4-9,15,18H,1-3H3. The third-order valence-corrected chi connectivity index (χ3v) is 4.51. The fourth-order valence-electron chi connectivity index (χ4n) is 1.90. The maximum Gasteiger partial charge on any atom is 0.240 e. The summed E-state index contributed by atoms with van der Waals surface area (Å²) in [5.41, 5.74) is 1.02. The molecule has 112 valence electrons. The Labute approximate surface area is 124 Å². The first-order chi connectivity index (χ1) is 9.85. The van der Waals surface area contributed by atoms with Gasteiger partial charge in [-0.15, -0.1) is 0 Å². The van der Waals surface area contributed by atoms with Gasteiger partial charge in [-0.1, -0.05) is 0 Å². The predicted octanol–water partition coefficient (Wildman–Crippen LogP) is 1.43. The maximum atomic E-state index is 12.1. The van der Waals surface area contributed by atoms with Crippen LogP contribution in [0.15, 0.2) is 41.4 Å². The number of anilines is 1. The first-order valence-electron chi connectivity index (χ1n) is 6.25. The highest BCUT2D eigenvalue weighted by atomic mass is 32.2. The van der Waals surface area contributed by atoms with Gasteiger partial charge in [0.25, 0.3) is 0 Å². The van der Waals surface area contributed by atoms with E-state index >= 15 is 0 Å². The van der Waals surface area contributed by atoms with Crippen molar-refractivity contribution in [3.63, 3.8) is 0 Å². The molecular formula is C14H17N3O3S. The summed E-state index contributed by atoms with van der Waals surface area (Å²) >= 11 is 0. The second-order valence-corrected chi connectivity index (χ2v) is 6.54. The molecule has 6 nitrogen and oxygen atoms in total. The molecule has 0 fully saturated rings. The zero-order valence-corrected chi connectivity index (χ0v) is 12.8. The molecule has 0 aliphatic rings. The van der Waals surface area contributed by atoms with Crippen LogP contribution < -0.4 is 9.62 Å². The average molecular weight is 307 g/mol. The van der Waals surface area contributed by atoms with Crippen LogP contribution in [0, 0.1) is 0 Å². The summed E-state index contributed by atoms with van der Waals surface area (Å²) in [7, 11) is 1.46. The molecule has 0 aliphatic carbocycles. The van der Waals surface area contributed by atoms with Crippen molar-refractivity contribution in [1.82, 2.24) is 9.71 Å². The van der Waals surface area contributed by atoms with Crippen molar-refractivity contribution < 1.29 is 13.5 Å². The van der Waals surface area contributed by atoms with Gasteiger partial charge in [-0.3, -0.25) is 0 Å². The monoisotopic (exact) mass is 307 g/mol. The van der Waals surface area contributed by atoms with Crippen molar-refractivity contribution in [3.8, 4) is 16.9 Å². The number of hydrogen-bond donors (Lipinski definition) is 2. The second-order valence-electron chi connectivity index (χ2n) is 4.69. The van der Waals surface area contributed by atoms with Gasteiger partial charge in [0.2, 0.25) is 10.0 Å². The molecule has 0 saturated heterocycles. The molecule has 0 unspecified atom stereocenters. The summed E-state index contributed by atoms with van der Waals surface area (Å²) in [5, 5.41) is 9.64. The highest BCUT2D eigenvalue weighted by Gasteiger charge is 2.18. The van der Waals surface area contributed by atoms with Crippen molar-refractivity contribution >= 4 is 15.8 Å². The number of aromatic nitrogens is 1. The minimum Gasteiger partial charge on any atom is -0.508 e. The van der Waals surface area contributed by atoms with Crippen molar-refractivity contribution in [2.45, 2.75) is 4.90 Å². The molecule has 0 aliphatic heterocycles. The van der Waals surface area contributed by atoms with Crippen LogP contribution in [0.25, 0.3) is 11.1 Å². The summed E-state index contributed by atoms with van der Waals surface area (Å²) < 4.78 is 26.4. The number of aromatic hydroxyl groups is 1. The molecule has 0 radical (unpaired) electrons. The van der Waals surface area contributed by atoms with Gasteiger partial charge in [0.05, 0.1) is 4.90 Å². The van der Waals surface area contributed by atoms with Crippen LogP contribution in [-0.4, -0.2) is 39.7 Å². The highest BCUT2D eigenvalue weighted by molar-refractivity contribution is 7.89. The Morgan fingerprint density at radius 2 is 1.90 bits per heavy atom. The van der Waals surface area contributed by atoms with E-state index in [0.717, 1.165) is 5.82 Å². The lowest BCUT2D eigenvalue weighted by Gasteiger charge is -2.13. The normalized spacial score (nSPS) is 11.4. The number of pyridine rings is 1. The smallest absolute Gasteiger partial charge is 0.240 e. The summed E-state index contributed by atoms with van der Waals surface area (Å²) in [6.45, 7) is 0. The molecule has 2 N–H and O–H groups in total. The molecule has 1 heterocycles. The lowest BCUT2D eigenvalue weighted by Crippen LogP contribution is -2.19. The van der Waals surface area contributed by atoms with Crippen molar-refractivity contribution in [2.75, 3.05) is 26.0 Å². The number of phenols is 1. The number of hydrogen-bond acceptors (Lipinski definition) is 5. The van der Waals surface area contributed by atoms with Crippen molar-refractivity contribution in [2.24, 2.45) is 0 Å². The van der Waals surface area contributed by atoms with Crippen LogP contribution in [0.5, 0.6) is 5.75 Å². The minimum atomic E-state index is -3.62. The molecule has 1 aromatic carbocycles. The van der Waals surface area contributed by atoms with Crippen LogP contribution in [0.1, 0.15) is 0 Å². The number of phenolic OH excluding ortho intramolecular Hbond substituents is 1. The van der Waals surface area contributed by atoms with E-state index in [4.69, 9.17) is 0 Å². The maximum absolute atomic E-state index is 12.1. The Morgan fingerprint density at radius 3 is 2.43 bits per heavy atom. The number of nitrogens with one attached hydrogen (secondary N) is 1. The lowest BCUT2D eigenvalue weighted by atomic mass is 10.1.